The van der Waals surface area contributed by atoms with Crippen LogP contribution in [0.4, 0.5) is 5.69 Å². The zero-order valence-electron chi connectivity index (χ0n) is 10.2. The summed E-state index contributed by atoms with van der Waals surface area (Å²) in [6.07, 6.45) is -1.57. The maximum atomic E-state index is 11.2. The molecule has 0 aromatic heterocycles. The molecule has 0 saturated carbocycles. The van der Waals surface area contributed by atoms with Gasteiger partial charge in [0, 0.05) is 17.1 Å². The van der Waals surface area contributed by atoms with Gasteiger partial charge in [0.25, 0.3) is 0 Å². The van der Waals surface area contributed by atoms with Crippen molar-refractivity contribution in [3.05, 3.63) is 39.8 Å². The van der Waals surface area contributed by atoms with Crippen LogP contribution < -0.4 is 5.32 Å². The summed E-state index contributed by atoms with van der Waals surface area (Å²) in [5, 5.41) is 25.8. The number of aliphatic hydroxyl groups is 2. The predicted molar refractivity (Wildman–Crippen MR) is 68.4 cm³/mol. The van der Waals surface area contributed by atoms with Crippen molar-refractivity contribution < 1.29 is 15.0 Å². The normalized spacial score (nSPS) is 16.2. The van der Waals surface area contributed by atoms with Gasteiger partial charge in [-0.2, -0.15) is 0 Å². The van der Waals surface area contributed by atoms with Gasteiger partial charge in [0.2, 0.25) is 5.91 Å². The minimum atomic E-state index is -1.07. The first kappa shape index (κ1) is 13.4. The molecular weight excluding hydrogens is 248 g/mol. The van der Waals surface area contributed by atoms with Gasteiger partial charge in [0.15, 0.2) is 0 Å². The van der Waals surface area contributed by atoms with E-state index in [1.54, 1.807) is 18.2 Å². The molecule has 2 rings (SSSR count). The van der Waals surface area contributed by atoms with Crippen LogP contribution in [-0.4, -0.2) is 28.8 Å². The van der Waals surface area contributed by atoms with Crippen molar-refractivity contribution in [3.8, 4) is 0 Å². The number of fused-ring (bicyclic) bond motifs is 1. The molecule has 0 fully saturated rings. The second-order valence-corrected chi connectivity index (χ2v) is 4.40. The molecule has 1 aromatic rings. The molecule has 0 saturated heterocycles. The minimum Gasteiger partial charge on any atom is -0.390 e. The molecule has 0 bridgehead atoms. The number of aliphatic hydroxyl groups excluding tert-OH is 2. The summed E-state index contributed by atoms with van der Waals surface area (Å²) in [4.78, 5) is 13.8. The van der Waals surface area contributed by atoms with E-state index in [0.717, 1.165) is 5.56 Å². The van der Waals surface area contributed by atoms with Gasteiger partial charge in [0.1, 0.15) is 6.10 Å². The van der Waals surface area contributed by atoms with Crippen LogP contribution in [-0.2, 0) is 11.2 Å². The highest BCUT2D eigenvalue weighted by Crippen LogP contribution is 2.28. The van der Waals surface area contributed by atoms with E-state index in [-0.39, 0.29) is 18.9 Å². The quantitative estimate of drug-likeness (QED) is 0.421. The van der Waals surface area contributed by atoms with Crippen molar-refractivity contribution >= 4 is 11.6 Å². The molecule has 0 radical (unpaired) electrons. The summed E-state index contributed by atoms with van der Waals surface area (Å²) in [5.74, 6) is -0.0782. The molecule has 7 nitrogen and oxygen atoms in total. The number of nitrogens with zero attached hydrogens (tertiary/aromatic N) is 3. The number of benzene rings is 1. The summed E-state index contributed by atoms with van der Waals surface area (Å²) in [6.45, 7) is 0.121. The second kappa shape index (κ2) is 5.71. The Kier molecular flexibility index (Phi) is 4.01. The van der Waals surface area contributed by atoms with Gasteiger partial charge in [-0.05, 0) is 29.1 Å². The Morgan fingerprint density at radius 3 is 3.00 bits per heavy atom. The number of rotatable bonds is 5. The van der Waals surface area contributed by atoms with Crippen LogP contribution in [0, 0.1) is 0 Å². The molecule has 2 unspecified atom stereocenters. The zero-order chi connectivity index (χ0) is 13.8. The third-order valence-electron chi connectivity index (χ3n) is 3.05. The van der Waals surface area contributed by atoms with E-state index < -0.39 is 12.2 Å². The first-order chi connectivity index (χ1) is 9.11. The lowest BCUT2D eigenvalue weighted by atomic mass is 10.00. The molecular formula is C12H14N4O3. The molecule has 7 heteroatoms. The van der Waals surface area contributed by atoms with E-state index in [1.807, 2.05) is 0 Å². The Balaban J connectivity index is 2.07. The molecule has 1 aromatic carbocycles. The van der Waals surface area contributed by atoms with Crippen LogP contribution in [0.2, 0.25) is 0 Å². The van der Waals surface area contributed by atoms with Crippen molar-refractivity contribution in [2.45, 2.75) is 25.0 Å². The number of hydrogen-bond acceptors (Lipinski definition) is 4. The maximum absolute atomic E-state index is 11.2. The van der Waals surface area contributed by atoms with Gasteiger partial charge < -0.3 is 15.5 Å². The Morgan fingerprint density at radius 1 is 1.47 bits per heavy atom. The summed E-state index contributed by atoms with van der Waals surface area (Å²) in [7, 11) is 0. The number of anilines is 1. The van der Waals surface area contributed by atoms with E-state index in [4.69, 9.17) is 5.53 Å². The summed E-state index contributed by atoms with van der Waals surface area (Å²) in [6, 6.07) is 5.09. The monoisotopic (exact) mass is 262 g/mol. The summed E-state index contributed by atoms with van der Waals surface area (Å²) >= 11 is 0. The molecule has 3 N–H and O–H groups in total. The number of azide groups is 1. The number of amides is 1. The smallest absolute Gasteiger partial charge is 0.228 e. The van der Waals surface area contributed by atoms with Gasteiger partial charge in [0.05, 0.1) is 12.5 Å². The minimum absolute atomic E-state index is 0.0782. The van der Waals surface area contributed by atoms with Crippen molar-refractivity contribution in [2.75, 3.05) is 11.9 Å². The average Bonchev–Trinajstić information content (AvgIpc) is 2.77. The van der Waals surface area contributed by atoms with Crippen molar-refractivity contribution in [2.24, 2.45) is 5.11 Å². The highest BCUT2D eigenvalue weighted by molar-refractivity contribution is 5.99. The zero-order valence-corrected chi connectivity index (χ0v) is 10.2. The lowest BCUT2D eigenvalue weighted by molar-refractivity contribution is -0.115. The van der Waals surface area contributed by atoms with Gasteiger partial charge in [-0.1, -0.05) is 17.2 Å². The Hall–Kier alpha value is -2.08. The van der Waals surface area contributed by atoms with Crippen LogP contribution in [0.5, 0.6) is 0 Å². The Bertz CT molecular complexity index is 540. The maximum Gasteiger partial charge on any atom is 0.228 e. The molecule has 1 aliphatic rings. The first-order valence-corrected chi connectivity index (χ1v) is 5.91. The standard InChI is InChI=1S/C12H14N4O3/c13-16-14-4-3-10(17)12(19)8-2-1-7-6-11(18)15-9(7)5-8/h1-2,5,10,12,17,19H,3-4,6H2,(H,15,18). The van der Waals surface area contributed by atoms with Crippen LogP contribution in [0.1, 0.15) is 23.7 Å². The first-order valence-electron chi connectivity index (χ1n) is 5.91. The van der Waals surface area contributed by atoms with Gasteiger partial charge in [-0.3, -0.25) is 4.79 Å². The number of hydrogen-bond donors (Lipinski definition) is 3. The van der Waals surface area contributed by atoms with Gasteiger partial charge in [-0.15, -0.1) is 0 Å². The third-order valence-corrected chi connectivity index (χ3v) is 3.05. The highest BCUT2D eigenvalue weighted by Gasteiger charge is 2.22. The summed E-state index contributed by atoms with van der Waals surface area (Å²) in [5.41, 5.74) is 10.2. The predicted octanol–water partition coefficient (Wildman–Crippen LogP) is 1.28. The van der Waals surface area contributed by atoms with Crippen molar-refractivity contribution in [3.63, 3.8) is 0 Å². The largest absolute Gasteiger partial charge is 0.390 e. The van der Waals surface area contributed by atoms with Crippen molar-refractivity contribution in [1.82, 2.24) is 0 Å². The van der Waals surface area contributed by atoms with Crippen LogP contribution in [0.25, 0.3) is 10.4 Å². The highest BCUT2D eigenvalue weighted by atomic mass is 16.3. The second-order valence-electron chi connectivity index (χ2n) is 4.40. The molecule has 19 heavy (non-hydrogen) atoms. The molecule has 1 aliphatic heterocycles. The fourth-order valence-electron chi connectivity index (χ4n) is 2.03. The third kappa shape index (κ3) is 3.03. The fourth-order valence-corrected chi connectivity index (χ4v) is 2.03. The topological polar surface area (TPSA) is 118 Å². The van der Waals surface area contributed by atoms with Crippen LogP contribution in [0.3, 0.4) is 0 Å². The molecule has 0 spiro atoms. The van der Waals surface area contributed by atoms with E-state index in [2.05, 4.69) is 15.3 Å². The lowest BCUT2D eigenvalue weighted by Gasteiger charge is -2.18. The van der Waals surface area contributed by atoms with Crippen LogP contribution in [0.15, 0.2) is 23.3 Å². The molecule has 100 valence electrons. The summed E-state index contributed by atoms with van der Waals surface area (Å²) < 4.78 is 0. The number of nitrogens with one attached hydrogen (secondary N) is 1. The number of carbonyl (C=O) groups is 1. The lowest BCUT2D eigenvalue weighted by Crippen LogP contribution is -2.19. The van der Waals surface area contributed by atoms with Crippen LogP contribution >= 0.6 is 0 Å². The number of carbonyl (C=O) groups excluding carboxylic acids is 1. The van der Waals surface area contributed by atoms with E-state index >= 15 is 0 Å². The molecule has 1 amide bonds. The van der Waals surface area contributed by atoms with Gasteiger partial charge >= 0.3 is 0 Å². The Morgan fingerprint density at radius 2 is 2.26 bits per heavy atom. The van der Waals surface area contributed by atoms with Crippen molar-refractivity contribution in [1.29, 1.82) is 0 Å². The molecule has 0 aliphatic carbocycles. The fraction of sp³-hybridized carbons (Fsp3) is 0.417. The van der Waals surface area contributed by atoms with E-state index in [0.29, 0.717) is 17.7 Å². The molecule has 1 heterocycles. The SMILES string of the molecule is [N-]=[N+]=NCCC(O)C(O)c1ccc2c(c1)NC(=O)C2. The molecule has 2 atom stereocenters. The van der Waals surface area contributed by atoms with E-state index in [1.165, 1.54) is 0 Å². The Labute approximate surface area is 109 Å². The van der Waals surface area contributed by atoms with Gasteiger partial charge in [-0.25, -0.2) is 0 Å². The average molecular weight is 262 g/mol. The van der Waals surface area contributed by atoms with E-state index in [9.17, 15) is 15.0 Å².